The van der Waals surface area contributed by atoms with Gasteiger partial charge >= 0.3 is 6.09 Å². The Balaban J connectivity index is 1.45. The minimum absolute atomic E-state index is 0.0139. The fourth-order valence-corrected chi connectivity index (χ4v) is 5.47. The standard InChI is InChI=1S/C22H36N2O8/c1-19(2,27)16(17(23)25)24-18(26)30-11-7-8-22(10-29-22)15(14(11)28-6)21(5)13(32-21)9-12-20(3,4)31-12/h11-16,27H,7-10H2,1-6H3,(H2,23,25)(H,24,26)/t11-,12+,13-,14-,15?,16+,21?,22+/m1/s1. The molecule has 3 aliphatic heterocycles. The first-order valence-electron chi connectivity index (χ1n) is 11.2. The fourth-order valence-electron chi connectivity index (χ4n) is 5.47. The Labute approximate surface area is 188 Å². The first-order valence-corrected chi connectivity index (χ1v) is 11.2. The van der Waals surface area contributed by atoms with Gasteiger partial charge in [0.1, 0.15) is 29.5 Å². The van der Waals surface area contributed by atoms with Gasteiger partial charge in [-0.15, -0.1) is 0 Å². The van der Waals surface area contributed by atoms with Gasteiger partial charge in [0, 0.05) is 13.5 Å². The topological polar surface area (TPSA) is 148 Å². The number of primary amides is 1. The summed E-state index contributed by atoms with van der Waals surface area (Å²) in [4.78, 5) is 24.3. The molecular formula is C22H36N2O8. The number of methoxy groups -OCH3 is 1. The maximum absolute atomic E-state index is 12.6. The van der Waals surface area contributed by atoms with Crippen molar-refractivity contribution < 1.29 is 38.4 Å². The van der Waals surface area contributed by atoms with E-state index < -0.39 is 41.5 Å². The van der Waals surface area contributed by atoms with E-state index in [-0.39, 0.29) is 29.3 Å². The van der Waals surface area contributed by atoms with Crippen LogP contribution in [0.3, 0.4) is 0 Å². The van der Waals surface area contributed by atoms with Crippen LogP contribution in [0.2, 0.25) is 0 Å². The quantitative estimate of drug-likeness (QED) is 0.450. The Hall–Kier alpha value is -1.46. The van der Waals surface area contributed by atoms with Gasteiger partial charge in [-0.25, -0.2) is 4.79 Å². The van der Waals surface area contributed by atoms with Gasteiger partial charge in [0.05, 0.1) is 35.9 Å². The highest BCUT2D eigenvalue weighted by molar-refractivity contribution is 5.85. The average molecular weight is 457 g/mol. The summed E-state index contributed by atoms with van der Waals surface area (Å²) in [5.74, 6) is -0.976. The van der Waals surface area contributed by atoms with E-state index >= 15 is 0 Å². The summed E-state index contributed by atoms with van der Waals surface area (Å²) >= 11 is 0. The van der Waals surface area contributed by atoms with Crippen LogP contribution in [-0.4, -0.2) is 83.7 Å². The maximum atomic E-state index is 12.6. The summed E-state index contributed by atoms with van der Waals surface area (Å²) < 4.78 is 29.4. The van der Waals surface area contributed by atoms with E-state index in [2.05, 4.69) is 26.1 Å². The van der Waals surface area contributed by atoms with E-state index in [9.17, 15) is 14.7 Å². The largest absolute Gasteiger partial charge is 0.443 e. The predicted octanol–water partition coefficient (Wildman–Crippen LogP) is 0.625. The summed E-state index contributed by atoms with van der Waals surface area (Å²) in [6.45, 7) is 9.60. The molecule has 0 bridgehead atoms. The molecule has 4 N–H and O–H groups in total. The van der Waals surface area contributed by atoms with Crippen LogP contribution in [0.5, 0.6) is 0 Å². The number of carbonyl (C=O) groups is 2. The van der Waals surface area contributed by atoms with Crippen molar-refractivity contribution >= 4 is 12.0 Å². The van der Waals surface area contributed by atoms with Crippen molar-refractivity contribution in [3.8, 4) is 0 Å². The molecule has 3 heterocycles. The summed E-state index contributed by atoms with van der Waals surface area (Å²) in [5.41, 5.74) is 2.87. The lowest BCUT2D eigenvalue weighted by atomic mass is 9.68. The van der Waals surface area contributed by atoms with Crippen LogP contribution in [0.25, 0.3) is 0 Å². The van der Waals surface area contributed by atoms with Crippen molar-refractivity contribution in [1.29, 1.82) is 0 Å². The van der Waals surface area contributed by atoms with E-state index in [1.54, 1.807) is 7.11 Å². The highest BCUT2D eigenvalue weighted by Crippen LogP contribution is 2.60. The molecule has 2 unspecified atom stereocenters. The summed E-state index contributed by atoms with van der Waals surface area (Å²) in [5, 5.41) is 12.5. The Bertz CT molecular complexity index is 776. The molecule has 0 aromatic rings. The number of hydrogen-bond donors (Lipinski definition) is 3. The molecule has 3 saturated heterocycles. The van der Waals surface area contributed by atoms with Crippen molar-refractivity contribution in [2.45, 2.75) is 107 Å². The SMILES string of the molecule is CO[C@H]1C(C2(C)O[C@@H]2C[C@@H]2OC2(C)C)[C@]2(CC[C@H]1OC(=O)N[C@@H](C(N)=O)C(C)(C)O)CO2. The third kappa shape index (κ3) is 4.23. The zero-order chi connectivity index (χ0) is 23.7. The van der Waals surface area contributed by atoms with E-state index in [0.29, 0.717) is 19.4 Å². The lowest BCUT2D eigenvalue weighted by Gasteiger charge is -2.42. The van der Waals surface area contributed by atoms with Crippen molar-refractivity contribution in [3.05, 3.63) is 0 Å². The molecule has 10 heteroatoms. The first kappa shape index (κ1) is 23.7. The van der Waals surface area contributed by atoms with E-state index in [4.69, 9.17) is 29.4 Å². The van der Waals surface area contributed by atoms with Gasteiger partial charge in [0.15, 0.2) is 0 Å². The third-order valence-corrected chi connectivity index (χ3v) is 7.60. The van der Waals surface area contributed by atoms with Crippen LogP contribution in [-0.2, 0) is 28.5 Å². The number of nitrogens with two attached hydrogens (primary N) is 1. The zero-order valence-electron chi connectivity index (χ0n) is 19.7. The number of alkyl carbamates (subject to hydrolysis) is 1. The molecule has 4 aliphatic rings. The molecule has 1 spiro atoms. The second-order valence-electron chi connectivity index (χ2n) is 10.9. The van der Waals surface area contributed by atoms with Gasteiger partial charge in [-0.05, 0) is 47.5 Å². The summed E-state index contributed by atoms with van der Waals surface area (Å²) in [6.07, 6.45) is 0.383. The van der Waals surface area contributed by atoms with Gasteiger partial charge in [0.2, 0.25) is 5.91 Å². The van der Waals surface area contributed by atoms with Gasteiger partial charge in [0.25, 0.3) is 0 Å². The van der Waals surface area contributed by atoms with Crippen molar-refractivity contribution in [3.63, 3.8) is 0 Å². The minimum Gasteiger partial charge on any atom is -0.443 e. The third-order valence-electron chi connectivity index (χ3n) is 7.60. The Morgan fingerprint density at radius 2 is 1.88 bits per heavy atom. The van der Waals surface area contributed by atoms with Crippen LogP contribution in [0.15, 0.2) is 0 Å². The Morgan fingerprint density at radius 3 is 2.34 bits per heavy atom. The number of nitrogens with one attached hydrogen (secondary N) is 1. The number of ether oxygens (including phenoxy) is 5. The van der Waals surface area contributed by atoms with Crippen molar-refractivity contribution in [2.75, 3.05) is 13.7 Å². The highest BCUT2D eigenvalue weighted by Gasteiger charge is 2.73. The number of aliphatic hydroxyl groups is 1. The number of hydrogen-bond acceptors (Lipinski definition) is 8. The van der Waals surface area contributed by atoms with Gasteiger partial charge in [-0.3, -0.25) is 4.79 Å². The lowest BCUT2D eigenvalue weighted by Crippen LogP contribution is -2.59. The maximum Gasteiger partial charge on any atom is 0.408 e. The highest BCUT2D eigenvalue weighted by atomic mass is 16.6. The predicted molar refractivity (Wildman–Crippen MR) is 112 cm³/mol. The number of rotatable bonds is 8. The zero-order valence-corrected chi connectivity index (χ0v) is 19.7. The Kier molecular flexibility index (Phi) is 5.57. The van der Waals surface area contributed by atoms with E-state index in [1.165, 1.54) is 13.8 Å². The second kappa shape index (κ2) is 7.53. The molecule has 4 fully saturated rings. The molecule has 1 aliphatic carbocycles. The van der Waals surface area contributed by atoms with Crippen LogP contribution in [0, 0.1) is 5.92 Å². The molecule has 0 radical (unpaired) electrons. The van der Waals surface area contributed by atoms with Crippen LogP contribution in [0.1, 0.15) is 53.9 Å². The fraction of sp³-hybridized carbons (Fsp3) is 0.909. The molecule has 10 nitrogen and oxygen atoms in total. The molecule has 182 valence electrons. The normalized spacial score (nSPS) is 42.8. The van der Waals surface area contributed by atoms with Crippen LogP contribution < -0.4 is 11.1 Å². The monoisotopic (exact) mass is 456 g/mol. The summed E-state index contributed by atoms with van der Waals surface area (Å²) in [7, 11) is 1.59. The van der Waals surface area contributed by atoms with Crippen molar-refractivity contribution in [2.24, 2.45) is 11.7 Å². The average Bonchev–Trinajstić information content (AvgIpc) is 3.61. The molecular weight excluding hydrogens is 420 g/mol. The van der Waals surface area contributed by atoms with Gasteiger partial charge in [-0.2, -0.15) is 0 Å². The summed E-state index contributed by atoms with van der Waals surface area (Å²) in [6, 6.07) is -1.29. The molecule has 8 atom stereocenters. The first-order chi connectivity index (χ1) is 14.7. The van der Waals surface area contributed by atoms with Gasteiger partial charge in [-0.1, -0.05) is 0 Å². The molecule has 0 aromatic heterocycles. The second-order valence-corrected chi connectivity index (χ2v) is 10.9. The number of epoxide rings is 3. The van der Waals surface area contributed by atoms with E-state index in [0.717, 1.165) is 6.42 Å². The number of amides is 2. The Morgan fingerprint density at radius 1 is 1.25 bits per heavy atom. The smallest absolute Gasteiger partial charge is 0.408 e. The lowest BCUT2D eigenvalue weighted by molar-refractivity contribution is -0.127. The van der Waals surface area contributed by atoms with Crippen molar-refractivity contribution in [1.82, 2.24) is 5.32 Å². The van der Waals surface area contributed by atoms with Crippen LogP contribution in [0.4, 0.5) is 4.79 Å². The molecule has 32 heavy (non-hydrogen) atoms. The molecule has 1 saturated carbocycles. The molecule has 4 rings (SSSR count). The van der Waals surface area contributed by atoms with Gasteiger partial charge < -0.3 is 39.8 Å². The van der Waals surface area contributed by atoms with E-state index in [1.807, 2.05) is 0 Å². The minimum atomic E-state index is -1.53. The molecule has 0 aromatic carbocycles. The number of carbonyl (C=O) groups excluding carboxylic acids is 2. The van der Waals surface area contributed by atoms with Crippen LogP contribution >= 0.6 is 0 Å². The molecule has 2 amide bonds.